The van der Waals surface area contributed by atoms with Gasteiger partial charge < -0.3 is 19.7 Å². The molecule has 1 aliphatic rings. The SMILES string of the molecule is COc1cc(OC)cc(N2CCC(Nc3ccnc(C)n3)C2)c1. The van der Waals surface area contributed by atoms with Crippen LogP contribution in [0.1, 0.15) is 12.2 Å². The second-order valence-corrected chi connectivity index (χ2v) is 5.64. The Kier molecular flexibility index (Phi) is 4.50. The predicted molar refractivity (Wildman–Crippen MR) is 90.6 cm³/mol. The van der Waals surface area contributed by atoms with Gasteiger partial charge >= 0.3 is 0 Å². The number of methoxy groups -OCH3 is 2. The molecule has 6 nitrogen and oxygen atoms in total. The zero-order chi connectivity index (χ0) is 16.2. The van der Waals surface area contributed by atoms with Gasteiger partial charge in [0.1, 0.15) is 23.1 Å². The van der Waals surface area contributed by atoms with Crippen LogP contribution in [0.3, 0.4) is 0 Å². The van der Waals surface area contributed by atoms with E-state index < -0.39 is 0 Å². The molecule has 122 valence electrons. The first-order valence-corrected chi connectivity index (χ1v) is 7.72. The molecule has 1 unspecified atom stereocenters. The molecule has 1 saturated heterocycles. The van der Waals surface area contributed by atoms with E-state index in [4.69, 9.17) is 9.47 Å². The Bertz CT molecular complexity index is 655. The van der Waals surface area contributed by atoms with Gasteiger partial charge in [0.2, 0.25) is 0 Å². The van der Waals surface area contributed by atoms with Gasteiger partial charge in [0, 0.05) is 49.2 Å². The number of nitrogens with zero attached hydrogens (tertiary/aromatic N) is 3. The lowest BCUT2D eigenvalue weighted by atomic mass is 10.2. The summed E-state index contributed by atoms with van der Waals surface area (Å²) < 4.78 is 10.7. The van der Waals surface area contributed by atoms with E-state index in [1.165, 1.54) is 0 Å². The summed E-state index contributed by atoms with van der Waals surface area (Å²) >= 11 is 0. The average molecular weight is 314 g/mol. The van der Waals surface area contributed by atoms with Crippen LogP contribution in [0.15, 0.2) is 30.5 Å². The van der Waals surface area contributed by atoms with E-state index in [0.29, 0.717) is 6.04 Å². The van der Waals surface area contributed by atoms with Crippen LogP contribution >= 0.6 is 0 Å². The Balaban J connectivity index is 1.70. The molecule has 0 aliphatic carbocycles. The number of benzene rings is 1. The molecule has 1 aromatic carbocycles. The van der Waals surface area contributed by atoms with Gasteiger partial charge in [-0.2, -0.15) is 0 Å². The smallest absolute Gasteiger partial charge is 0.129 e. The first kappa shape index (κ1) is 15.4. The van der Waals surface area contributed by atoms with Crippen molar-refractivity contribution in [1.82, 2.24) is 9.97 Å². The first-order valence-electron chi connectivity index (χ1n) is 7.72. The highest BCUT2D eigenvalue weighted by molar-refractivity contribution is 5.57. The molecule has 0 spiro atoms. The number of aryl methyl sites for hydroxylation is 1. The van der Waals surface area contributed by atoms with Gasteiger partial charge in [-0.25, -0.2) is 9.97 Å². The highest BCUT2D eigenvalue weighted by atomic mass is 16.5. The number of ether oxygens (including phenoxy) is 2. The van der Waals surface area contributed by atoms with E-state index in [1.807, 2.05) is 31.2 Å². The minimum absolute atomic E-state index is 0.362. The number of hydrogen-bond acceptors (Lipinski definition) is 6. The Labute approximate surface area is 136 Å². The van der Waals surface area contributed by atoms with Crippen LogP contribution in [0.25, 0.3) is 0 Å². The van der Waals surface area contributed by atoms with Crippen molar-refractivity contribution >= 4 is 11.5 Å². The molecule has 0 radical (unpaired) electrons. The standard InChI is InChI=1S/C17H22N4O2/c1-12-18-6-4-17(19-12)20-13-5-7-21(11-13)14-8-15(22-2)10-16(9-14)23-3/h4,6,8-10,13H,5,7,11H2,1-3H3,(H,18,19,20). The van der Waals surface area contributed by atoms with Crippen molar-refractivity contribution in [1.29, 1.82) is 0 Å². The summed E-state index contributed by atoms with van der Waals surface area (Å²) in [4.78, 5) is 10.9. The molecule has 1 N–H and O–H groups in total. The van der Waals surface area contributed by atoms with E-state index >= 15 is 0 Å². The van der Waals surface area contributed by atoms with Crippen molar-refractivity contribution in [3.63, 3.8) is 0 Å². The third kappa shape index (κ3) is 3.64. The lowest BCUT2D eigenvalue weighted by molar-refractivity contribution is 0.394. The molecule has 0 bridgehead atoms. The largest absolute Gasteiger partial charge is 0.497 e. The fourth-order valence-corrected chi connectivity index (χ4v) is 2.83. The number of rotatable bonds is 5. The highest BCUT2D eigenvalue weighted by Gasteiger charge is 2.23. The average Bonchev–Trinajstić information content (AvgIpc) is 3.03. The van der Waals surface area contributed by atoms with E-state index in [0.717, 1.165) is 48.3 Å². The summed E-state index contributed by atoms with van der Waals surface area (Å²) in [5.41, 5.74) is 1.12. The van der Waals surface area contributed by atoms with Crippen molar-refractivity contribution in [3.05, 3.63) is 36.3 Å². The van der Waals surface area contributed by atoms with E-state index in [1.54, 1.807) is 20.4 Å². The van der Waals surface area contributed by atoms with Crippen LogP contribution in [0.5, 0.6) is 11.5 Å². The zero-order valence-corrected chi connectivity index (χ0v) is 13.7. The van der Waals surface area contributed by atoms with Gasteiger partial charge in [0.05, 0.1) is 14.2 Å². The summed E-state index contributed by atoms with van der Waals surface area (Å²) in [5.74, 6) is 3.28. The normalized spacial score (nSPS) is 17.2. The fourth-order valence-electron chi connectivity index (χ4n) is 2.83. The molecular weight excluding hydrogens is 292 g/mol. The maximum Gasteiger partial charge on any atom is 0.129 e. The predicted octanol–water partition coefficient (Wildman–Crippen LogP) is 2.49. The Morgan fingerprint density at radius 2 is 1.91 bits per heavy atom. The van der Waals surface area contributed by atoms with Crippen LogP contribution in [0.4, 0.5) is 11.5 Å². The van der Waals surface area contributed by atoms with E-state index in [9.17, 15) is 0 Å². The molecule has 2 heterocycles. The summed E-state index contributed by atoms with van der Waals surface area (Å²) in [6, 6.07) is 8.24. The van der Waals surface area contributed by atoms with Crippen molar-refractivity contribution in [2.24, 2.45) is 0 Å². The highest BCUT2D eigenvalue weighted by Crippen LogP contribution is 2.30. The second kappa shape index (κ2) is 6.73. The Morgan fingerprint density at radius 1 is 1.17 bits per heavy atom. The molecule has 1 aliphatic heterocycles. The minimum Gasteiger partial charge on any atom is -0.497 e. The quantitative estimate of drug-likeness (QED) is 0.915. The lowest BCUT2D eigenvalue weighted by Crippen LogP contribution is -2.26. The van der Waals surface area contributed by atoms with Crippen LogP contribution < -0.4 is 19.7 Å². The van der Waals surface area contributed by atoms with Crippen LogP contribution in [-0.4, -0.2) is 43.3 Å². The van der Waals surface area contributed by atoms with Crippen molar-refractivity contribution in [2.75, 3.05) is 37.5 Å². The molecule has 1 fully saturated rings. The monoisotopic (exact) mass is 314 g/mol. The molecule has 1 aromatic heterocycles. The topological polar surface area (TPSA) is 59.5 Å². The van der Waals surface area contributed by atoms with Gasteiger partial charge in [-0.05, 0) is 19.4 Å². The first-order chi connectivity index (χ1) is 11.2. The van der Waals surface area contributed by atoms with Crippen molar-refractivity contribution in [3.8, 4) is 11.5 Å². The maximum atomic E-state index is 5.35. The van der Waals surface area contributed by atoms with Gasteiger partial charge in [-0.1, -0.05) is 0 Å². The molecule has 0 saturated carbocycles. The van der Waals surface area contributed by atoms with E-state index in [-0.39, 0.29) is 0 Å². The molecule has 3 rings (SSSR count). The molecule has 6 heteroatoms. The molecule has 2 aromatic rings. The minimum atomic E-state index is 0.362. The molecule has 0 amide bonds. The molecule has 23 heavy (non-hydrogen) atoms. The maximum absolute atomic E-state index is 5.35. The van der Waals surface area contributed by atoms with Crippen LogP contribution in [0, 0.1) is 6.92 Å². The van der Waals surface area contributed by atoms with Gasteiger partial charge in [-0.3, -0.25) is 0 Å². The van der Waals surface area contributed by atoms with Crippen LogP contribution in [0.2, 0.25) is 0 Å². The van der Waals surface area contributed by atoms with Gasteiger partial charge in [-0.15, -0.1) is 0 Å². The van der Waals surface area contributed by atoms with Gasteiger partial charge in [0.25, 0.3) is 0 Å². The number of nitrogens with one attached hydrogen (secondary N) is 1. The number of hydrogen-bond donors (Lipinski definition) is 1. The molecule has 1 atom stereocenters. The third-order valence-electron chi connectivity index (χ3n) is 4.02. The lowest BCUT2D eigenvalue weighted by Gasteiger charge is -2.20. The van der Waals surface area contributed by atoms with Crippen LogP contribution in [-0.2, 0) is 0 Å². The molecular formula is C17H22N4O2. The Morgan fingerprint density at radius 3 is 2.57 bits per heavy atom. The summed E-state index contributed by atoms with van der Waals surface area (Å²) in [7, 11) is 3.34. The summed E-state index contributed by atoms with van der Waals surface area (Å²) in [6.07, 6.45) is 2.84. The summed E-state index contributed by atoms with van der Waals surface area (Å²) in [6.45, 7) is 3.80. The summed E-state index contributed by atoms with van der Waals surface area (Å²) in [5, 5.41) is 3.48. The third-order valence-corrected chi connectivity index (χ3v) is 4.02. The zero-order valence-electron chi connectivity index (χ0n) is 13.7. The second-order valence-electron chi connectivity index (χ2n) is 5.64. The fraction of sp³-hybridized carbons (Fsp3) is 0.412. The number of anilines is 2. The Hall–Kier alpha value is -2.50. The van der Waals surface area contributed by atoms with E-state index in [2.05, 4.69) is 20.2 Å². The van der Waals surface area contributed by atoms with Crippen molar-refractivity contribution < 1.29 is 9.47 Å². The van der Waals surface area contributed by atoms with Crippen molar-refractivity contribution in [2.45, 2.75) is 19.4 Å². The van der Waals surface area contributed by atoms with Gasteiger partial charge in [0.15, 0.2) is 0 Å². The number of aromatic nitrogens is 2.